The van der Waals surface area contributed by atoms with Crippen molar-refractivity contribution >= 4 is 33.9 Å². The van der Waals surface area contributed by atoms with Crippen molar-refractivity contribution in [1.82, 2.24) is 9.55 Å². The van der Waals surface area contributed by atoms with E-state index in [4.69, 9.17) is 0 Å². The first-order valence-corrected chi connectivity index (χ1v) is 8.01. The average molecular weight is 334 g/mol. The topological polar surface area (TPSA) is 70.4 Å². The van der Waals surface area contributed by atoms with Crippen molar-refractivity contribution in [3.05, 3.63) is 60.1 Å². The van der Waals surface area contributed by atoms with Gasteiger partial charge in [0.1, 0.15) is 11.3 Å². The summed E-state index contributed by atoms with van der Waals surface area (Å²) in [6.45, 7) is 0.262. The number of hydrogen-bond donors (Lipinski definition) is 2. The van der Waals surface area contributed by atoms with E-state index in [-0.39, 0.29) is 23.8 Å². The van der Waals surface area contributed by atoms with Gasteiger partial charge in [0.25, 0.3) is 5.91 Å². The number of anilines is 2. The summed E-state index contributed by atoms with van der Waals surface area (Å²) in [7, 11) is 3.92. The molecule has 0 unspecified atom stereocenters. The lowest BCUT2D eigenvalue weighted by Crippen LogP contribution is -2.15. The third kappa shape index (κ3) is 2.52. The van der Waals surface area contributed by atoms with E-state index in [2.05, 4.69) is 10.3 Å². The number of benzene rings is 2. The molecule has 6 heteroatoms. The summed E-state index contributed by atoms with van der Waals surface area (Å²) in [5.74, 6) is 0.181. The van der Waals surface area contributed by atoms with Crippen LogP contribution in [0.2, 0.25) is 0 Å². The molecule has 1 aliphatic heterocycles. The van der Waals surface area contributed by atoms with Crippen LogP contribution in [0.4, 0.5) is 11.4 Å². The number of carbonyl (C=O) groups excluding carboxylic acids is 1. The van der Waals surface area contributed by atoms with Crippen LogP contribution in [0, 0.1) is 0 Å². The van der Waals surface area contributed by atoms with Gasteiger partial charge in [0, 0.05) is 25.5 Å². The van der Waals surface area contributed by atoms with Gasteiger partial charge in [-0.05, 0) is 36.4 Å². The van der Waals surface area contributed by atoms with E-state index in [1.165, 1.54) is 0 Å². The predicted molar refractivity (Wildman–Crippen MR) is 98.7 cm³/mol. The molecule has 2 aromatic carbocycles. The third-order valence-corrected chi connectivity index (χ3v) is 4.34. The van der Waals surface area contributed by atoms with Crippen molar-refractivity contribution in [2.45, 2.75) is 6.54 Å². The number of carbonyl (C=O) groups is 1. The van der Waals surface area contributed by atoms with E-state index in [0.29, 0.717) is 11.5 Å². The number of fused-ring (bicyclic) bond motifs is 3. The van der Waals surface area contributed by atoms with Gasteiger partial charge < -0.3 is 19.9 Å². The number of imidazole rings is 1. The third-order valence-electron chi connectivity index (χ3n) is 4.34. The molecule has 0 spiro atoms. The standard InChI is InChI=1S/C19H18N4O2/c1-22(2)13-9-7-12(8-10-13)20-19(25)17-16(24)11-23-15-6-4-3-5-14(15)21-18(17)23/h3-10,24H,11H2,1-2H3,(H,20,25). The molecular formula is C19H18N4O2. The maximum atomic E-state index is 12.7. The second-order valence-corrected chi connectivity index (χ2v) is 6.23. The smallest absolute Gasteiger partial charge is 0.262 e. The van der Waals surface area contributed by atoms with Crippen molar-refractivity contribution in [3.63, 3.8) is 0 Å². The monoisotopic (exact) mass is 334 g/mol. The second-order valence-electron chi connectivity index (χ2n) is 6.23. The number of rotatable bonds is 3. The van der Waals surface area contributed by atoms with Crippen LogP contribution in [0.25, 0.3) is 16.6 Å². The molecule has 0 bridgehead atoms. The van der Waals surface area contributed by atoms with Gasteiger partial charge in [0.05, 0.1) is 17.6 Å². The lowest BCUT2D eigenvalue weighted by molar-refractivity contribution is -0.111. The molecule has 0 atom stereocenters. The van der Waals surface area contributed by atoms with E-state index in [1.54, 1.807) is 0 Å². The van der Waals surface area contributed by atoms with Crippen LogP contribution in [0.15, 0.2) is 54.3 Å². The SMILES string of the molecule is CN(C)c1ccc(NC(=O)C2=C(O)Cn3c2nc2ccccc23)cc1. The summed E-state index contributed by atoms with van der Waals surface area (Å²) < 4.78 is 1.86. The summed E-state index contributed by atoms with van der Waals surface area (Å²) in [5.41, 5.74) is 3.66. The summed E-state index contributed by atoms with van der Waals surface area (Å²) in [4.78, 5) is 19.2. The first-order chi connectivity index (χ1) is 12.0. The van der Waals surface area contributed by atoms with E-state index in [1.807, 2.05) is 72.1 Å². The van der Waals surface area contributed by atoms with Crippen molar-refractivity contribution in [3.8, 4) is 0 Å². The number of aliphatic hydroxyl groups is 1. The molecule has 1 amide bonds. The van der Waals surface area contributed by atoms with Crippen LogP contribution in [-0.2, 0) is 11.3 Å². The number of aliphatic hydroxyl groups excluding tert-OH is 1. The maximum absolute atomic E-state index is 12.7. The molecule has 1 aliphatic rings. The molecule has 2 heterocycles. The molecule has 6 nitrogen and oxygen atoms in total. The van der Waals surface area contributed by atoms with E-state index in [0.717, 1.165) is 16.7 Å². The molecule has 2 N–H and O–H groups in total. The molecule has 4 rings (SSSR count). The summed E-state index contributed by atoms with van der Waals surface area (Å²) >= 11 is 0. The Kier molecular flexibility index (Phi) is 3.46. The number of aromatic nitrogens is 2. The van der Waals surface area contributed by atoms with Gasteiger partial charge in [-0.3, -0.25) is 4.79 Å². The van der Waals surface area contributed by atoms with Gasteiger partial charge in [-0.25, -0.2) is 4.98 Å². The lowest BCUT2D eigenvalue weighted by Gasteiger charge is -2.13. The zero-order valence-electron chi connectivity index (χ0n) is 14.0. The first-order valence-electron chi connectivity index (χ1n) is 8.01. The molecule has 126 valence electrons. The summed E-state index contributed by atoms with van der Waals surface area (Å²) in [5, 5.41) is 13.1. The van der Waals surface area contributed by atoms with E-state index >= 15 is 0 Å². The number of para-hydroxylation sites is 2. The van der Waals surface area contributed by atoms with E-state index in [9.17, 15) is 9.90 Å². The molecular weight excluding hydrogens is 316 g/mol. The quantitative estimate of drug-likeness (QED) is 0.772. The lowest BCUT2D eigenvalue weighted by atomic mass is 10.2. The highest BCUT2D eigenvalue weighted by molar-refractivity contribution is 6.26. The van der Waals surface area contributed by atoms with Crippen molar-refractivity contribution in [1.29, 1.82) is 0 Å². The van der Waals surface area contributed by atoms with Gasteiger partial charge in [-0.2, -0.15) is 0 Å². The highest BCUT2D eigenvalue weighted by Crippen LogP contribution is 2.31. The van der Waals surface area contributed by atoms with Crippen LogP contribution < -0.4 is 10.2 Å². The van der Waals surface area contributed by atoms with Gasteiger partial charge in [-0.1, -0.05) is 12.1 Å². The van der Waals surface area contributed by atoms with Gasteiger partial charge in [0.2, 0.25) is 0 Å². The maximum Gasteiger partial charge on any atom is 0.262 e. The zero-order valence-corrected chi connectivity index (χ0v) is 14.0. The van der Waals surface area contributed by atoms with Gasteiger partial charge in [0.15, 0.2) is 5.82 Å². The van der Waals surface area contributed by atoms with Crippen LogP contribution >= 0.6 is 0 Å². The fourth-order valence-corrected chi connectivity index (χ4v) is 3.05. The van der Waals surface area contributed by atoms with Crippen LogP contribution in [0.5, 0.6) is 0 Å². The number of hydrogen-bond acceptors (Lipinski definition) is 4. The second kappa shape index (κ2) is 5.66. The molecule has 25 heavy (non-hydrogen) atoms. The minimum atomic E-state index is -0.357. The Morgan fingerprint density at radius 2 is 1.88 bits per heavy atom. The fourth-order valence-electron chi connectivity index (χ4n) is 3.05. The Morgan fingerprint density at radius 3 is 2.60 bits per heavy atom. The molecule has 0 saturated heterocycles. The number of amides is 1. The summed E-state index contributed by atoms with van der Waals surface area (Å²) in [6, 6.07) is 15.2. The van der Waals surface area contributed by atoms with Crippen LogP contribution in [0.3, 0.4) is 0 Å². The van der Waals surface area contributed by atoms with Crippen molar-refractivity contribution in [2.24, 2.45) is 0 Å². The molecule has 0 saturated carbocycles. The van der Waals surface area contributed by atoms with E-state index < -0.39 is 0 Å². The Morgan fingerprint density at radius 1 is 1.16 bits per heavy atom. The minimum absolute atomic E-state index is 0.0377. The van der Waals surface area contributed by atoms with Crippen LogP contribution in [0.1, 0.15) is 5.82 Å². The molecule has 0 aliphatic carbocycles. The molecule has 0 radical (unpaired) electrons. The van der Waals surface area contributed by atoms with Gasteiger partial charge in [-0.15, -0.1) is 0 Å². The molecule has 0 fully saturated rings. The average Bonchev–Trinajstić information content (AvgIpc) is 3.09. The Hall–Kier alpha value is -3.28. The zero-order chi connectivity index (χ0) is 17.6. The highest BCUT2D eigenvalue weighted by atomic mass is 16.3. The molecule has 1 aromatic heterocycles. The number of nitrogens with one attached hydrogen (secondary N) is 1. The fraction of sp³-hybridized carbons (Fsp3) is 0.158. The van der Waals surface area contributed by atoms with Crippen molar-refractivity contribution in [2.75, 3.05) is 24.3 Å². The number of nitrogens with zero attached hydrogens (tertiary/aromatic N) is 3. The summed E-state index contributed by atoms with van der Waals surface area (Å²) in [6.07, 6.45) is 0. The van der Waals surface area contributed by atoms with Crippen LogP contribution in [-0.4, -0.2) is 34.7 Å². The highest BCUT2D eigenvalue weighted by Gasteiger charge is 2.30. The van der Waals surface area contributed by atoms with Gasteiger partial charge >= 0.3 is 0 Å². The number of allylic oxidation sites excluding steroid dienone is 1. The first kappa shape index (κ1) is 15.3. The predicted octanol–water partition coefficient (Wildman–Crippen LogP) is 3.02. The normalized spacial score (nSPS) is 13.2. The Labute approximate surface area is 145 Å². The minimum Gasteiger partial charge on any atom is -0.509 e. The Bertz CT molecular complexity index is 1000. The van der Waals surface area contributed by atoms with Crippen molar-refractivity contribution < 1.29 is 9.90 Å². The Balaban J connectivity index is 1.64. The molecule has 3 aromatic rings. The largest absolute Gasteiger partial charge is 0.509 e.